The molecule has 0 aliphatic rings. The number of rotatable bonds is 6. The lowest BCUT2D eigenvalue weighted by atomic mass is 10.0. The van der Waals surface area contributed by atoms with Crippen molar-refractivity contribution in [3.8, 4) is 0 Å². The molecule has 0 radical (unpaired) electrons. The molecule has 0 rings (SSSR count). The third-order valence-electron chi connectivity index (χ3n) is 2.17. The first-order valence-corrected chi connectivity index (χ1v) is 5.02. The number of likely N-dealkylation sites (N-methyl/N-ethyl adjacent to an activating group) is 1. The summed E-state index contributed by atoms with van der Waals surface area (Å²) < 4.78 is 5.08. The smallest absolute Gasteiger partial charge is 0.0522 e. The second kappa shape index (κ2) is 7.10. The number of methoxy groups -OCH3 is 1. The summed E-state index contributed by atoms with van der Waals surface area (Å²) in [5.41, 5.74) is 1.39. The van der Waals surface area contributed by atoms with Gasteiger partial charge < -0.3 is 10.1 Å². The van der Waals surface area contributed by atoms with Crippen LogP contribution in [-0.2, 0) is 4.74 Å². The van der Waals surface area contributed by atoms with Crippen molar-refractivity contribution in [2.24, 2.45) is 5.92 Å². The van der Waals surface area contributed by atoms with Gasteiger partial charge in [0.1, 0.15) is 0 Å². The summed E-state index contributed by atoms with van der Waals surface area (Å²) in [4.78, 5) is 0. The van der Waals surface area contributed by atoms with Gasteiger partial charge in [0.15, 0.2) is 0 Å². The van der Waals surface area contributed by atoms with E-state index in [9.17, 15) is 0 Å². The quantitative estimate of drug-likeness (QED) is 0.641. The minimum absolute atomic E-state index is 0.476. The maximum Gasteiger partial charge on any atom is 0.0522 e. The molecule has 0 aromatic carbocycles. The van der Waals surface area contributed by atoms with Crippen molar-refractivity contribution < 1.29 is 4.74 Å². The average Bonchev–Trinajstić information content (AvgIpc) is 2.05. The van der Waals surface area contributed by atoms with E-state index in [1.54, 1.807) is 7.11 Å². The molecule has 13 heavy (non-hydrogen) atoms. The van der Waals surface area contributed by atoms with Crippen LogP contribution in [0.5, 0.6) is 0 Å². The molecule has 0 fully saturated rings. The molecule has 2 unspecified atom stereocenters. The largest absolute Gasteiger partial charge is 0.384 e. The number of ether oxygens (including phenoxy) is 1. The molecule has 0 spiro atoms. The van der Waals surface area contributed by atoms with E-state index >= 15 is 0 Å². The van der Waals surface area contributed by atoms with Gasteiger partial charge in [-0.2, -0.15) is 0 Å². The summed E-state index contributed by atoms with van der Waals surface area (Å²) in [6.45, 7) is 10.5. The maximum absolute atomic E-state index is 5.08. The second-order valence-electron chi connectivity index (χ2n) is 3.62. The Morgan fingerprint density at radius 2 is 2.08 bits per heavy atom. The molecular weight excluding hydrogens is 162 g/mol. The topological polar surface area (TPSA) is 21.3 Å². The molecule has 1 N–H and O–H groups in total. The van der Waals surface area contributed by atoms with Crippen LogP contribution in [0.4, 0.5) is 0 Å². The zero-order valence-electron chi connectivity index (χ0n) is 9.55. The maximum atomic E-state index is 5.08. The third-order valence-corrected chi connectivity index (χ3v) is 2.17. The standard InChI is InChI=1S/C11H23NO/c1-6-12-11(4)10(3)7-9(2)8-13-5/h7,9,11-12H,6,8H2,1-5H3. The Balaban J connectivity index is 3.97. The van der Waals surface area contributed by atoms with Gasteiger partial charge in [0.05, 0.1) is 6.61 Å². The highest BCUT2D eigenvalue weighted by Crippen LogP contribution is 2.06. The molecule has 0 bridgehead atoms. The summed E-state index contributed by atoms with van der Waals surface area (Å²) in [6, 6.07) is 0.476. The molecule has 0 aliphatic heterocycles. The van der Waals surface area contributed by atoms with Crippen LogP contribution in [0.3, 0.4) is 0 Å². The second-order valence-corrected chi connectivity index (χ2v) is 3.62. The van der Waals surface area contributed by atoms with Gasteiger partial charge >= 0.3 is 0 Å². The summed E-state index contributed by atoms with van der Waals surface area (Å²) in [6.07, 6.45) is 2.27. The fourth-order valence-electron chi connectivity index (χ4n) is 1.37. The van der Waals surface area contributed by atoms with Crippen LogP contribution in [-0.4, -0.2) is 26.3 Å². The van der Waals surface area contributed by atoms with Crippen molar-refractivity contribution >= 4 is 0 Å². The lowest BCUT2D eigenvalue weighted by Gasteiger charge is -2.15. The van der Waals surface area contributed by atoms with Gasteiger partial charge in [-0.3, -0.25) is 0 Å². The van der Waals surface area contributed by atoms with Crippen molar-refractivity contribution in [1.29, 1.82) is 0 Å². The van der Waals surface area contributed by atoms with Gasteiger partial charge in [0.2, 0.25) is 0 Å². The van der Waals surface area contributed by atoms with Crippen LogP contribution in [0.2, 0.25) is 0 Å². The van der Waals surface area contributed by atoms with E-state index < -0.39 is 0 Å². The monoisotopic (exact) mass is 185 g/mol. The molecule has 78 valence electrons. The predicted octanol–water partition coefficient (Wildman–Crippen LogP) is 2.21. The van der Waals surface area contributed by atoms with Crippen LogP contribution >= 0.6 is 0 Å². The van der Waals surface area contributed by atoms with E-state index in [2.05, 4.69) is 39.1 Å². The Bertz CT molecular complexity index is 154. The van der Waals surface area contributed by atoms with Gasteiger partial charge in [-0.15, -0.1) is 0 Å². The zero-order chi connectivity index (χ0) is 10.3. The van der Waals surface area contributed by atoms with Crippen LogP contribution < -0.4 is 5.32 Å². The Hall–Kier alpha value is -0.340. The van der Waals surface area contributed by atoms with Crippen LogP contribution in [0.1, 0.15) is 27.7 Å². The molecule has 0 saturated heterocycles. The molecule has 2 nitrogen and oxygen atoms in total. The van der Waals surface area contributed by atoms with E-state index in [0.717, 1.165) is 13.2 Å². The Kier molecular flexibility index (Phi) is 6.92. The fourth-order valence-corrected chi connectivity index (χ4v) is 1.37. The third kappa shape index (κ3) is 5.83. The molecule has 0 heterocycles. The van der Waals surface area contributed by atoms with Crippen molar-refractivity contribution in [3.63, 3.8) is 0 Å². The summed E-state index contributed by atoms with van der Waals surface area (Å²) in [5, 5.41) is 3.38. The van der Waals surface area contributed by atoms with Crippen LogP contribution in [0, 0.1) is 5.92 Å². The Morgan fingerprint density at radius 1 is 1.46 bits per heavy atom. The molecular formula is C11H23NO. The van der Waals surface area contributed by atoms with Crippen LogP contribution in [0.25, 0.3) is 0 Å². The van der Waals surface area contributed by atoms with E-state index in [1.807, 2.05) is 0 Å². The van der Waals surface area contributed by atoms with E-state index in [4.69, 9.17) is 4.74 Å². The normalized spacial score (nSPS) is 17.2. The summed E-state index contributed by atoms with van der Waals surface area (Å²) >= 11 is 0. The molecule has 0 saturated carbocycles. The number of hydrogen-bond donors (Lipinski definition) is 1. The lowest BCUT2D eigenvalue weighted by Crippen LogP contribution is -2.26. The summed E-state index contributed by atoms with van der Waals surface area (Å²) in [5.74, 6) is 0.506. The average molecular weight is 185 g/mol. The van der Waals surface area contributed by atoms with Gasteiger partial charge in [0, 0.05) is 13.2 Å². The van der Waals surface area contributed by atoms with E-state index in [-0.39, 0.29) is 0 Å². The van der Waals surface area contributed by atoms with E-state index in [1.165, 1.54) is 5.57 Å². The summed E-state index contributed by atoms with van der Waals surface area (Å²) in [7, 11) is 1.74. The first-order chi connectivity index (χ1) is 6.11. The predicted molar refractivity (Wildman–Crippen MR) is 57.9 cm³/mol. The van der Waals surface area contributed by atoms with E-state index in [0.29, 0.717) is 12.0 Å². The van der Waals surface area contributed by atoms with Gasteiger partial charge in [-0.25, -0.2) is 0 Å². The molecule has 2 atom stereocenters. The van der Waals surface area contributed by atoms with Crippen molar-refractivity contribution in [1.82, 2.24) is 5.32 Å². The minimum Gasteiger partial charge on any atom is -0.384 e. The first kappa shape index (κ1) is 12.7. The highest BCUT2D eigenvalue weighted by molar-refractivity contribution is 5.07. The molecule has 0 aliphatic carbocycles. The highest BCUT2D eigenvalue weighted by atomic mass is 16.5. The van der Waals surface area contributed by atoms with Crippen molar-refractivity contribution in [2.45, 2.75) is 33.7 Å². The van der Waals surface area contributed by atoms with Crippen molar-refractivity contribution in [2.75, 3.05) is 20.3 Å². The number of nitrogens with one attached hydrogen (secondary N) is 1. The van der Waals surface area contributed by atoms with Gasteiger partial charge in [0.25, 0.3) is 0 Å². The molecule has 0 aromatic rings. The molecule has 0 amide bonds. The van der Waals surface area contributed by atoms with Crippen LogP contribution in [0.15, 0.2) is 11.6 Å². The van der Waals surface area contributed by atoms with Gasteiger partial charge in [-0.1, -0.05) is 25.5 Å². The minimum atomic E-state index is 0.476. The van der Waals surface area contributed by atoms with Gasteiger partial charge in [-0.05, 0) is 26.3 Å². The number of hydrogen-bond acceptors (Lipinski definition) is 2. The lowest BCUT2D eigenvalue weighted by molar-refractivity contribution is 0.175. The SMILES string of the molecule is CCNC(C)C(C)=CC(C)COC. The Morgan fingerprint density at radius 3 is 2.54 bits per heavy atom. The zero-order valence-corrected chi connectivity index (χ0v) is 9.55. The molecule has 0 aromatic heterocycles. The fraction of sp³-hybridized carbons (Fsp3) is 0.818. The molecule has 2 heteroatoms. The first-order valence-electron chi connectivity index (χ1n) is 5.02. The van der Waals surface area contributed by atoms with Crippen molar-refractivity contribution in [3.05, 3.63) is 11.6 Å². The Labute approximate surface area is 82.4 Å². The highest BCUT2D eigenvalue weighted by Gasteiger charge is 2.03.